The fourth-order valence-electron chi connectivity index (χ4n) is 5.39. The number of hydrogen-bond donors (Lipinski definition) is 0. The molecule has 0 saturated heterocycles. The zero-order valence-electron chi connectivity index (χ0n) is 26.2. The molecule has 0 aliphatic rings. The third-order valence-electron chi connectivity index (χ3n) is 7.71. The van der Waals surface area contributed by atoms with E-state index in [4.69, 9.17) is 9.47 Å². The normalized spacial score (nSPS) is 12.3. The topological polar surface area (TPSA) is 35.5 Å². The fraction of sp³-hybridized carbons (Fsp3) is 0.639. The van der Waals surface area contributed by atoms with E-state index >= 15 is 0 Å². The molecule has 2 aromatic carbocycles. The van der Waals surface area contributed by atoms with Crippen molar-refractivity contribution in [3.63, 3.8) is 0 Å². The van der Waals surface area contributed by atoms with Crippen LogP contribution in [0.25, 0.3) is 0 Å². The molecule has 0 heterocycles. The van der Waals surface area contributed by atoms with Crippen molar-refractivity contribution in [1.82, 2.24) is 0 Å². The average Bonchev–Trinajstić information content (AvgIpc) is 2.93. The highest BCUT2D eigenvalue weighted by Crippen LogP contribution is 2.23. The number of nitrogens with zero attached hydrogens (tertiary/aromatic N) is 1. The van der Waals surface area contributed by atoms with E-state index in [-0.39, 0.29) is 5.97 Å². The highest BCUT2D eigenvalue weighted by atomic mass is 16.7. The Morgan fingerprint density at radius 3 is 1.95 bits per heavy atom. The van der Waals surface area contributed by atoms with Gasteiger partial charge in [-0.05, 0) is 37.3 Å². The minimum atomic E-state index is -0.582. The van der Waals surface area contributed by atoms with Crippen LogP contribution in [0.4, 0.5) is 0 Å². The number of quaternary nitrogens is 1. The Bertz CT molecular complexity index is 911. The second kappa shape index (κ2) is 20.5. The Kier molecular flexibility index (Phi) is 17.4. The van der Waals surface area contributed by atoms with Crippen LogP contribution in [0.2, 0.25) is 0 Å². The van der Waals surface area contributed by atoms with Crippen LogP contribution in [-0.2, 0) is 22.5 Å². The van der Waals surface area contributed by atoms with Crippen molar-refractivity contribution in [2.24, 2.45) is 0 Å². The molecule has 1 unspecified atom stereocenters. The number of para-hydroxylation sites is 1. The predicted molar refractivity (Wildman–Crippen MR) is 168 cm³/mol. The molecule has 0 aliphatic carbocycles. The minimum Gasteiger partial charge on any atom is -0.455 e. The van der Waals surface area contributed by atoms with Crippen LogP contribution in [-0.4, -0.2) is 37.4 Å². The summed E-state index contributed by atoms with van der Waals surface area (Å²) >= 11 is 0. The first-order chi connectivity index (χ1) is 19.4. The lowest BCUT2D eigenvalue weighted by Gasteiger charge is -2.30. The number of esters is 1. The minimum absolute atomic E-state index is 0.181. The number of carbonyl (C=O) groups is 1. The SMILES string of the molecule is CCCCCCCCCCCCCCc1ccccc1OC(C)OC(=O)CCCC[N+](C)(C)Cc1ccccc1. The van der Waals surface area contributed by atoms with E-state index in [1.165, 1.54) is 88.2 Å². The average molecular weight is 553 g/mol. The molecule has 2 aromatic rings. The number of hydrogen-bond acceptors (Lipinski definition) is 3. The van der Waals surface area contributed by atoms with E-state index < -0.39 is 6.29 Å². The van der Waals surface area contributed by atoms with Gasteiger partial charge in [0, 0.05) is 18.9 Å². The Morgan fingerprint density at radius 2 is 1.30 bits per heavy atom. The van der Waals surface area contributed by atoms with Gasteiger partial charge in [0.05, 0.1) is 20.6 Å². The zero-order chi connectivity index (χ0) is 28.9. The van der Waals surface area contributed by atoms with Gasteiger partial charge in [-0.25, -0.2) is 0 Å². The third-order valence-corrected chi connectivity index (χ3v) is 7.71. The van der Waals surface area contributed by atoms with E-state index in [0.717, 1.165) is 42.6 Å². The number of ether oxygens (including phenoxy) is 2. The lowest BCUT2D eigenvalue weighted by Crippen LogP contribution is -2.39. The van der Waals surface area contributed by atoms with Crippen LogP contribution >= 0.6 is 0 Å². The van der Waals surface area contributed by atoms with Gasteiger partial charge in [-0.1, -0.05) is 126 Å². The maximum atomic E-state index is 12.4. The summed E-state index contributed by atoms with van der Waals surface area (Å²) < 4.78 is 12.6. The zero-order valence-corrected chi connectivity index (χ0v) is 26.2. The van der Waals surface area contributed by atoms with Crippen LogP contribution in [0.5, 0.6) is 5.75 Å². The number of rotatable bonds is 23. The summed E-state index contributed by atoms with van der Waals surface area (Å²) in [5.74, 6) is 0.658. The van der Waals surface area contributed by atoms with Crippen molar-refractivity contribution >= 4 is 5.97 Å². The quantitative estimate of drug-likeness (QED) is 0.0596. The summed E-state index contributed by atoms with van der Waals surface area (Å²) in [6, 6.07) is 18.8. The standard InChI is InChI=1S/C36H58NO3/c1-5-6-7-8-9-10-11-12-13-14-15-19-26-34-27-20-21-28-35(34)39-32(2)40-36(38)29-22-23-30-37(3,4)31-33-24-17-16-18-25-33/h16-18,20-21,24-25,27-28,32H,5-15,19,22-23,26,29-31H2,1-4H3/q+1. The van der Waals surface area contributed by atoms with Crippen molar-refractivity contribution < 1.29 is 18.8 Å². The fourth-order valence-corrected chi connectivity index (χ4v) is 5.39. The summed E-state index contributed by atoms with van der Waals surface area (Å²) in [6.07, 6.45) is 18.9. The van der Waals surface area contributed by atoms with E-state index in [1.54, 1.807) is 0 Å². The molecule has 1 atom stereocenters. The second-order valence-electron chi connectivity index (χ2n) is 12.2. The Labute approximate surface area is 246 Å². The molecule has 0 saturated carbocycles. The van der Waals surface area contributed by atoms with Gasteiger partial charge in [0.25, 0.3) is 0 Å². The summed E-state index contributed by atoms with van der Waals surface area (Å²) in [6.45, 7) is 6.12. The van der Waals surface area contributed by atoms with Crippen molar-refractivity contribution in [3.8, 4) is 5.75 Å². The molecule has 2 rings (SSSR count). The molecular formula is C36H58NO3+. The molecule has 40 heavy (non-hydrogen) atoms. The van der Waals surface area contributed by atoms with Crippen LogP contribution < -0.4 is 4.74 Å². The molecule has 4 heteroatoms. The van der Waals surface area contributed by atoms with Gasteiger partial charge < -0.3 is 14.0 Å². The molecule has 224 valence electrons. The van der Waals surface area contributed by atoms with Gasteiger partial charge in [0.2, 0.25) is 6.29 Å². The Morgan fingerprint density at radius 1 is 0.725 bits per heavy atom. The predicted octanol–water partition coefficient (Wildman–Crippen LogP) is 9.65. The maximum absolute atomic E-state index is 12.4. The summed E-state index contributed by atoms with van der Waals surface area (Å²) in [7, 11) is 4.49. The number of unbranched alkanes of at least 4 members (excludes halogenated alkanes) is 12. The molecule has 0 amide bonds. The van der Waals surface area contributed by atoms with Crippen molar-refractivity contribution in [2.45, 2.75) is 129 Å². The molecular weight excluding hydrogens is 494 g/mol. The number of carbonyl (C=O) groups excluding carboxylic acids is 1. The largest absolute Gasteiger partial charge is 0.455 e. The Hall–Kier alpha value is -2.33. The first-order valence-electron chi connectivity index (χ1n) is 16.2. The van der Waals surface area contributed by atoms with Gasteiger partial charge in [-0.3, -0.25) is 4.79 Å². The van der Waals surface area contributed by atoms with E-state index in [2.05, 4.69) is 63.5 Å². The van der Waals surface area contributed by atoms with Crippen molar-refractivity contribution in [2.75, 3.05) is 20.6 Å². The van der Waals surface area contributed by atoms with E-state index in [1.807, 2.05) is 19.1 Å². The summed E-state index contributed by atoms with van der Waals surface area (Å²) in [5, 5.41) is 0. The number of benzene rings is 2. The molecule has 0 aromatic heterocycles. The molecule has 4 nitrogen and oxygen atoms in total. The molecule has 0 N–H and O–H groups in total. The third kappa shape index (κ3) is 16.1. The van der Waals surface area contributed by atoms with Crippen LogP contribution in [0.3, 0.4) is 0 Å². The van der Waals surface area contributed by atoms with E-state index in [9.17, 15) is 4.79 Å². The molecule has 0 radical (unpaired) electrons. The van der Waals surface area contributed by atoms with Gasteiger partial charge in [0.15, 0.2) is 0 Å². The monoisotopic (exact) mass is 552 g/mol. The first kappa shape index (κ1) is 33.9. The summed E-state index contributed by atoms with van der Waals surface area (Å²) in [4.78, 5) is 12.4. The number of aryl methyl sites for hydroxylation is 1. The van der Waals surface area contributed by atoms with Crippen LogP contribution in [0.15, 0.2) is 54.6 Å². The van der Waals surface area contributed by atoms with Crippen LogP contribution in [0, 0.1) is 0 Å². The smallest absolute Gasteiger partial charge is 0.308 e. The lowest BCUT2D eigenvalue weighted by molar-refractivity contribution is -0.903. The van der Waals surface area contributed by atoms with Gasteiger partial charge >= 0.3 is 5.97 Å². The molecule has 0 fully saturated rings. The maximum Gasteiger partial charge on any atom is 0.308 e. The van der Waals surface area contributed by atoms with Crippen LogP contribution in [0.1, 0.15) is 121 Å². The highest BCUT2D eigenvalue weighted by molar-refractivity contribution is 5.69. The highest BCUT2D eigenvalue weighted by Gasteiger charge is 2.17. The molecule has 0 spiro atoms. The van der Waals surface area contributed by atoms with Crippen molar-refractivity contribution in [1.29, 1.82) is 0 Å². The second-order valence-corrected chi connectivity index (χ2v) is 12.2. The van der Waals surface area contributed by atoms with E-state index in [0.29, 0.717) is 6.42 Å². The van der Waals surface area contributed by atoms with Crippen molar-refractivity contribution in [3.05, 3.63) is 65.7 Å². The van der Waals surface area contributed by atoms with Gasteiger partial charge in [-0.2, -0.15) is 0 Å². The first-order valence-corrected chi connectivity index (χ1v) is 16.2. The summed E-state index contributed by atoms with van der Waals surface area (Å²) in [5.41, 5.74) is 2.55. The molecule has 0 aliphatic heterocycles. The molecule has 0 bridgehead atoms. The lowest BCUT2D eigenvalue weighted by atomic mass is 10.0. The van der Waals surface area contributed by atoms with Gasteiger partial charge in [0.1, 0.15) is 12.3 Å². The van der Waals surface area contributed by atoms with Gasteiger partial charge in [-0.15, -0.1) is 0 Å². The Balaban J connectivity index is 1.57.